The number of ether oxygens (including phenoxy) is 1. The van der Waals surface area contributed by atoms with Gasteiger partial charge in [-0.3, -0.25) is 14.8 Å². The van der Waals surface area contributed by atoms with Gasteiger partial charge < -0.3 is 4.74 Å². The van der Waals surface area contributed by atoms with E-state index in [2.05, 4.69) is 52.3 Å². The molecular weight excluding hydrogens is 362 g/mol. The quantitative estimate of drug-likeness (QED) is 0.476. The summed E-state index contributed by atoms with van der Waals surface area (Å²) in [4.78, 5) is 4.54. The molecule has 29 heavy (non-hydrogen) atoms. The van der Waals surface area contributed by atoms with Crippen molar-refractivity contribution in [2.45, 2.75) is 20.0 Å². The molecule has 1 N–H and O–H groups in total. The predicted molar refractivity (Wildman–Crippen MR) is 114 cm³/mol. The molecule has 0 radical (unpaired) electrons. The van der Waals surface area contributed by atoms with Gasteiger partial charge in [0.15, 0.2) is 0 Å². The zero-order valence-electron chi connectivity index (χ0n) is 16.5. The summed E-state index contributed by atoms with van der Waals surface area (Å²) in [5, 5.41) is 13.9. The first-order valence-corrected chi connectivity index (χ1v) is 9.58. The van der Waals surface area contributed by atoms with Gasteiger partial charge in [-0.1, -0.05) is 18.2 Å². The monoisotopic (exact) mass is 383 g/mol. The molecule has 3 heterocycles. The maximum Gasteiger partial charge on any atom is 0.122 e. The van der Waals surface area contributed by atoms with Crippen LogP contribution in [-0.2, 0) is 7.05 Å². The van der Waals surface area contributed by atoms with Gasteiger partial charge in [0, 0.05) is 41.3 Å². The number of hydrogen-bond donors (Lipinski definition) is 1. The van der Waals surface area contributed by atoms with E-state index < -0.39 is 0 Å². The Balaban J connectivity index is 1.51. The zero-order chi connectivity index (χ0) is 20.0. The summed E-state index contributed by atoms with van der Waals surface area (Å²) in [6.45, 7) is 4.15. The number of benzene rings is 2. The third-order valence-electron chi connectivity index (χ3n) is 5.27. The molecule has 0 aliphatic rings. The van der Waals surface area contributed by atoms with Crippen LogP contribution in [0.4, 0.5) is 0 Å². The lowest BCUT2D eigenvalue weighted by Gasteiger charge is -2.18. The Morgan fingerprint density at radius 1 is 1.10 bits per heavy atom. The number of pyridine rings is 1. The topological polar surface area (TPSA) is 68.6 Å². The molecule has 0 saturated heterocycles. The van der Waals surface area contributed by atoms with Crippen molar-refractivity contribution < 1.29 is 4.74 Å². The third kappa shape index (κ3) is 3.02. The van der Waals surface area contributed by atoms with Gasteiger partial charge in [0.05, 0.1) is 17.2 Å². The lowest BCUT2D eigenvalue weighted by molar-refractivity contribution is 0.229. The maximum absolute atomic E-state index is 6.33. The molecule has 1 unspecified atom stereocenters. The van der Waals surface area contributed by atoms with E-state index in [1.54, 1.807) is 4.68 Å². The minimum absolute atomic E-state index is 0.117. The summed E-state index contributed by atoms with van der Waals surface area (Å²) in [7, 11) is 1.90. The summed E-state index contributed by atoms with van der Waals surface area (Å²) in [6, 6.07) is 14.3. The van der Waals surface area contributed by atoms with Gasteiger partial charge in [0.2, 0.25) is 0 Å². The van der Waals surface area contributed by atoms with E-state index in [-0.39, 0.29) is 6.10 Å². The van der Waals surface area contributed by atoms with E-state index in [1.165, 1.54) is 0 Å². The highest BCUT2D eigenvalue weighted by Gasteiger charge is 2.15. The van der Waals surface area contributed by atoms with Crippen LogP contribution in [0.15, 0.2) is 61.1 Å². The van der Waals surface area contributed by atoms with Gasteiger partial charge in [-0.05, 0) is 43.7 Å². The average molecular weight is 383 g/mol. The number of hydrogen-bond acceptors (Lipinski definition) is 4. The minimum Gasteiger partial charge on any atom is -0.486 e. The predicted octanol–water partition coefficient (Wildman–Crippen LogP) is 4.96. The van der Waals surface area contributed by atoms with Crippen LogP contribution in [0.1, 0.15) is 24.2 Å². The fourth-order valence-electron chi connectivity index (χ4n) is 3.79. The Hall–Kier alpha value is -3.67. The number of aromatic nitrogens is 5. The van der Waals surface area contributed by atoms with E-state index in [1.807, 2.05) is 49.9 Å². The number of aromatic amines is 1. The Bertz CT molecular complexity index is 1330. The highest BCUT2D eigenvalue weighted by Crippen LogP contribution is 2.32. The van der Waals surface area contributed by atoms with Gasteiger partial charge in [-0.2, -0.15) is 10.2 Å². The second-order valence-electron chi connectivity index (χ2n) is 7.31. The smallest absolute Gasteiger partial charge is 0.122 e. The average Bonchev–Trinajstić information content (AvgIpc) is 3.34. The molecule has 0 saturated carbocycles. The standard InChI is InChI=1S/C23H21N5O/c1-14-6-8-18(19-5-4-10-24-22(14)19)15(2)29-17-7-9-21-20(11-17)23(27-26-21)16-12-25-28(3)13-16/h4-13,15H,1-3H3,(H,26,27). The van der Waals surface area contributed by atoms with Crippen molar-refractivity contribution in [2.24, 2.45) is 7.05 Å². The van der Waals surface area contributed by atoms with Crippen LogP contribution in [0, 0.1) is 6.92 Å². The molecule has 5 aromatic rings. The highest BCUT2D eigenvalue weighted by atomic mass is 16.5. The van der Waals surface area contributed by atoms with Crippen molar-refractivity contribution in [3.05, 3.63) is 72.2 Å². The molecule has 1 atom stereocenters. The second-order valence-corrected chi connectivity index (χ2v) is 7.31. The van der Waals surface area contributed by atoms with Crippen LogP contribution in [0.25, 0.3) is 33.1 Å². The van der Waals surface area contributed by atoms with Crippen LogP contribution < -0.4 is 4.74 Å². The van der Waals surface area contributed by atoms with Gasteiger partial charge >= 0.3 is 0 Å². The summed E-state index contributed by atoms with van der Waals surface area (Å²) in [5.74, 6) is 0.800. The molecule has 144 valence electrons. The molecule has 2 aromatic carbocycles. The summed E-state index contributed by atoms with van der Waals surface area (Å²) < 4.78 is 8.10. The number of aryl methyl sites for hydroxylation is 2. The molecule has 0 aliphatic carbocycles. The van der Waals surface area contributed by atoms with Crippen LogP contribution in [0.3, 0.4) is 0 Å². The van der Waals surface area contributed by atoms with E-state index in [9.17, 15) is 0 Å². The Labute approximate surface area is 168 Å². The summed E-state index contributed by atoms with van der Waals surface area (Å²) >= 11 is 0. The lowest BCUT2D eigenvalue weighted by atomic mass is 10.0. The van der Waals surface area contributed by atoms with E-state index in [0.717, 1.165) is 49.9 Å². The molecule has 0 aliphatic heterocycles. The van der Waals surface area contributed by atoms with Gasteiger partial charge in [0.25, 0.3) is 0 Å². The fourth-order valence-corrected chi connectivity index (χ4v) is 3.79. The SMILES string of the molecule is Cc1ccc(C(C)Oc2ccc3[nH]nc(-c4cnn(C)c4)c3c2)c2cccnc12. The molecule has 0 amide bonds. The fraction of sp³-hybridized carbons (Fsp3) is 0.174. The van der Waals surface area contributed by atoms with Gasteiger partial charge in [0.1, 0.15) is 17.5 Å². The largest absolute Gasteiger partial charge is 0.486 e. The normalized spacial score (nSPS) is 12.5. The van der Waals surface area contributed by atoms with E-state index in [4.69, 9.17) is 4.74 Å². The Morgan fingerprint density at radius 2 is 2.00 bits per heavy atom. The van der Waals surface area contributed by atoms with Crippen molar-refractivity contribution >= 4 is 21.8 Å². The van der Waals surface area contributed by atoms with Crippen molar-refractivity contribution in [1.29, 1.82) is 0 Å². The van der Waals surface area contributed by atoms with Crippen molar-refractivity contribution in [3.8, 4) is 17.0 Å². The van der Waals surface area contributed by atoms with Crippen molar-refractivity contribution in [3.63, 3.8) is 0 Å². The van der Waals surface area contributed by atoms with Crippen LogP contribution in [0.2, 0.25) is 0 Å². The molecule has 0 spiro atoms. The Morgan fingerprint density at radius 3 is 2.83 bits per heavy atom. The van der Waals surface area contributed by atoms with Crippen molar-refractivity contribution in [1.82, 2.24) is 25.0 Å². The molecule has 0 fully saturated rings. The summed E-state index contributed by atoms with van der Waals surface area (Å²) in [5.41, 5.74) is 6.12. The molecule has 6 nitrogen and oxygen atoms in total. The van der Waals surface area contributed by atoms with Gasteiger partial charge in [-0.15, -0.1) is 0 Å². The third-order valence-corrected chi connectivity index (χ3v) is 5.27. The molecule has 5 rings (SSSR count). The maximum atomic E-state index is 6.33. The van der Waals surface area contributed by atoms with Crippen LogP contribution >= 0.6 is 0 Å². The first-order valence-electron chi connectivity index (χ1n) is 9.58. The first kappa shape index (κ1) is 17.4. The molecule has 3 aromatic heterocycles. The van der Waals surface area contributed by atoms with Gasteiger partial charge in [-0.25, -0.2) is 0 Å². The van der Waals surface area contributed by atoms with E-state index >= 15 is 0 Å². The number of rotatable bonds is 4. The minimum atomic E-state index is -0.117. The number of fused-ring (bicyclic) bond motifs is 2. The van der Waals surface area contributed by atoms with Crippen LogP contribution in [-0.4, -0.2) is 25.0 Å². The molecular formula is C23H21N5O. The number of H-pyrrole nitrogens is 1. The number of nitrogens with zero attached hydrogens (tertiary/aromatic N) is 4. The first-order chi connectivity index (χ1) is 14.1. The number of nitrogens with one attached hydrogen (secondary N) is 1. The van der Waals surface area contributed by atoms with Crippen LogP contribution in [0.5, 0.6) is 5.75 Å². The molecule has 6 heteroatoms. The zero-order valence-corrected chi connectivity index (χ0v) is 16.5. The molecule has 0 bridgehead atoms. The van der Waals surface area contributed by atoms with Crippen molar-refractivity contribution in [2.75, 3.05) is 0 Å². The lowest BCUT2D eigenvalue weighted by Crippen LogP contribution is -2.04. The van der Waals surface area contributed by atoms with E-state index in [0.29, 0.717) is 0 Å². The highest BCUT2D eigenvalue weighted by molar-refractivity contribution is 5.93. The summed E-state index contributed by atoms with van der Waals surface area (Å²) in [6.07, 6.45) is 5.49. The second kappa shape index (κ2) is 6.74. The Kier molecular flexibility index (Phi) is 4.05.